The minimum absolute atomic E-state index is 0.0777. The molecule has 0 spiro atoms. The van der Waals surface area contributed by atoms with Crippen LogP contribution in [-0.2, 0) is 32.6 Å². The molecule has 0 radical (unpaired) electrons. The van der Waals surface area contributed by atoms with Crippen LogP contribution in [0.5, 0.6) is 11.5 Å². The van der Waals surface area contributed by atoms with E-state index in [1.54, 1.807) is 42.5 Å². The Morgan fingerprint density at radius 2 is 1.57 bits per heavy atom. The maximum atomic E-state index is 14.7. The lowest BCUT2D eigenvalue weighted by atomic mass is 10.0. The number of nitrogens with one attached hydrogen (secondary N) is 1. The molecule has 49 heavy (non-hydrogen) atoms. The molecule has 1 atom stereocenters. The predicted molar refractivity (Wildman–Crippen MR) is 194 cm³/mol. The number of benzene rings is 4. The van der Waals surface area contributed by atoms with Crippen molar-refractivity contribution in [2.75, 3.05) is 31.6 Å². The van der Waals surface area contributed by atoms with Crippen LogP contribution in [0.2, 0.25) is 10.0 Å². The number of carbonyl (C=O) groups is 2. The summed E-state index contributed by atoms with van der Waals surface area (Å²) >= 11 is 12.8. The van der Waals surface area contributed by atoms with Crippen molar-refractivity contribution in [2.24, 2.45) is 0 Å². The molecular weight excluding hydrogens is 685 g/mol. The third-order valence-electron chi connectivity index (χ3n) is 8.00. The number of sulfonamides is 1. The number of hydrogen-bond acceptors (Lipinski definition) is 6. The number of hydrogen-bond donors (Lipinski definition) is 1. The molecule has 0 unspecified atom stereocenters. The van der Waals surface area contributed by atoms with Crippen molar-refractivity contribution >= 4 is 50.7 Å². The van der Waals surface area contributed by atoms with Crippen LogP contribution in [0.15, 0.2) is 95.9 Å². The second-order valence-electron chi connectivity index (χ2n) is 11.5. The molecule has 2 amide bonds. The highest BCUT2D eigenvalue weighted by molar-refractivity contribution is 7.92. The fraction of sp³-hybridized carbons (Fsp3) is 0.297. The van der Waals surface area contributed by atoms with Gasteiger partial charge >= 0.3 is 0 Å². The van der Waals surface area contributed by atoms with Gasteiger partial charge in [0.05, 0.1) is 24.8 Å². The van der Waals surface area contributed by atoms with Crippen LogP contribution in [0.4, 0.5) is 5.69 Å². The largest absolute Gasteiger partial charge is 0.493 e. The average Bonchev–Trinajstić information content (AvgIpc) is 3.10. The van der Waals surface area contributed by atoms with E-state index in [9.17, 15) is 18.0 Å². The number of carbonyl (C=O) groups excluding carboxylic acids is 2. The lowest BCUT2D eigenvalue weighted by Gasteiger charge is -2.34. The zero-order chi connectivity index (χ0) is 35.6. The summed E-state index contributed by atoms with van der Waals surface area (Å²) in [7, 11) is -1.49. The van der Waals surface area contributed by atoms with Gasteiger partial charge in [0, 0.05) is 35.6 Å². The number of ether oxygens (including phenoxy) is 2. The van der Waals surface area contributed by atoms with Gasteiger partial charge in [-0.05, 0) is 60.9 Å². The molecule has 1 N–H and O–H groups in total. The fourth-order valence-electron chi connectivity index (χ4n) is 5.24. The molecule has 0 aliphatic rings. The second-order valence-corrected chi connectivity index (χ2v) is 14.2. The molecule has 0 aromatic heterocycles. The Morgan fingerprint density at radius 3 is 2.20 bits per heavy atom. The maximum Gasteiger partial charge on any atom is 0.264 e. The summed E-state index contributed by atoms with van der Waals surface area (Å²) in [6.45, 7) is 3.63. The van der Waals surface area contributed by atoms with E-state index in [2.05, 4.69) is 5.32 Å². The molecule has 0 aliphatic heterocycles. The SMILES string of the molecule is CCCCNC(=O)[C@H](Cc1ccccc1)N(Cc1ccc(Cl)cc1Cl)C(=O)CN(c1ccc(C)cc1)S(=O)(=O)c1ccc(OC)c(OC)c1. The first-order chi connectivity index (χ1) is 23.5. The summed E-state index contributed by atoms with van der Waals surface area (Å²) in [6, 6.07) is 24.3. The van der Waals surface area contributed by atoms with Crippen molar-refractivity contribution in [3.05, 3.63) is 118 Å². The highest BCUT2D eigenvalue weighted by atomic mass is 35.5. The van der Waals surface area contributed by atoms with E-state index < -0.39 is 28.5 Å². The minimum atomic E-state index is -4.36. The Bertz CT molecular complexity index is 1840. The Labute approximate surface area is 298 Å². The van der Waals surface area contributed by atoms with Crippen LogP contribution in [0.25, 0.3) is 0 Å². The molecule has 0 heterocycles. The molecule has 9 nitrogen and oxygen atoms in total. The van der Waals surface area contributed by atoms with Crippen molar-refractivity contribution < 1.29 is 27.5 Å². The quantitative estimate of drug-likeness (QED) is 0.124. The van der Waals surface area contributed by atoms with Gasteiger partial charge in [0.1, 0.15) is 12.6 Å². The Kier molecular flexibility index (Phi) is 13.4. The number of anilines is 1. The van der Waals surface area contributed by atoms with Crippen LogP contribution in [0, 0.1) is 6.92 Å². The molecule has 0 fully saturated rings. The van der Waals surface area contributed by atoms with Gasteiger partial charge in [-0.3, -0.25) is 13.9 Å². The topological polar surface area (TPSA) is 105 Å². The van der Waals surface area contributed by atoms with E-state index in [4.69, 9.17) is 32.7 Å². The summed E-state index contributed by atoms with van der Waals surface area (Å²) in [4.78, 5) is 29.9. The molecule has 0 saturated heterocycles. The number of nitrogens with zero attached hydrogens (tertiary/aromatic N) is 2. The second kappa shape index (κ2) is 17.4. The van der Waals surface area contributed by atoms with E-state index in [1.807, 2.05) is 44.2 Å². The van der Waals surface area contributed by atoms with Crippen molar-refractivity contribution in [3.8, 4) is 11.5 Å². The zero-order valence-corrected chi connectivity index (χ0v) is 30.3. The summed E-state index contributed by atoms with van der Waals surface area (Å²) in [6.07, 6.45) is 1.81. The van der Waals surface area contributed by atoms with Gasteiger partial charge < -0.3 is 19.7 Å². The first-order valence-corrected chi connectivity index (χ1v) is 18.0. The number of unbranched alkanes of at least 4 members (excludes halogenated alkanes) is 1. The van der Waals surface area contributed by atoms with Crippen LogP contribution >= 0.6 is 23.2 Å². The summed E-state index contributed by atoms with van der Waals surface area (Å²) in [5.74, 6) is -0.407. The summed E-state index contributed by atoms with van der Waals surface area (Å²) < 4.78 is 40.6. The predicted octanol–water partition coefficient (Wildman–Crippen LogP) is 7.07. The van der Waals surface area contributed by atoms with Crippen molar-refractivity contribution in [1.29, 1.82) is 0 Å². The van der Waals surface area contributed by atoms with Crippen molar-refractivity contribution in [2.45, 2.75) is 50.6 Å². The smallest absolute Gasteiger partial charge is 0.264 e. The minimum Gasteiger partial charge on any atom is -0.493 e. The molecule has 4 aromatic rings. The fourth-order valence-corrected chi connectivity index (χ4v) is 7.14. The lowest BCUT2D eigenvalue weighted by Crippen LogP contribution is -2.53. The lowest BCUT2D eigenvalue weighted by molar-refractivity contribution is -0.140. The van der Waals surface area contributed by atoms with E-state index in [1.165, 1.54) is 37.3 Å². The van der Waals surface area contributed by atoms with Crippen LogP contribution in [0.1, 0.15) is 36.5 Å². The van der Waals surface area contributed by atoms with E-state index >= 15 is 0 Å². The van der Waals surface area contributed by atoms with Gasteiger partial charge in [-0.2, -0.15) is 0 Å². The Morgan fingerprint density at radius 1 is 0.878 bits per heavy atom. The van der Waals surface area contributed by atoms with Gasteiger partial charge in [-0.15, -0.1) is 0 Å². The molecule has 0 bridgehead atoms. The maximum absolute atomic E-state index is 14.7. The van der Waals surface area contributed by atoms with Gasteiger partial charge in [-0.25, -0.2) is 8.42 Å². The number of halogens is 2. The molecule has 0 saturated carbocycles. The normalized spacial score (nSPS) is 11.8. The van der Waals surface area contributed by atoms with Crippen molar-refractivity contribution in [1.82, 2.24) is 10.2 Å². The molecule has 0 aliphatic carbocycles. The Hall–Kier alpha value is -4.25. The van der Waals surface area contributed by atoms with E-state index in [0.717, 1.165) is 28.3 Å². The standard InChI is InChI=1S/C37H41Cl2N3O6S/c1-5-6-20-40-37(44)33(21-27-10-8-7-9-11-27)41(24-28-14-15-29(38)22-32(28)39)36(43)25-42(30-16-12-26(2)13-17-30)49(45,46)31-18-19-34(47-3)35(23-31)48-4/h7-19,22-23,33H,5-6,20-21,24-25H2,1-4H3,(H,40,44)/t33-/m0/s1. The van der Waals surface area contributed by atoms with Crippen LogP contribution in [0.3, 0.4) is 0 Å². The third-order valence-corrected chi connectivity index (χ3v) is 10.4. The van der Waals surface area contributed by atoms with Crippen LogP contribution < -0.4 is 19.1 Å². The van der Waals surface area contributed by atoms with Crippen molar-refractivity contribution in [3.63, 3.8) is 0 Å². The van der Waals surface area contributed by atoms with E-state index in [0.29, 0.717) is 27.9 Å². The number of methoxy groups -OCH3 is 2. The number of aryl methyl sites for hydroxylation is 1. The number of amides is 2. The number of rotatable bonds is 16. The van der Waals surface area contributed by atoms with Gasteiger partial charge in [0.15, 0.2) is 11.5 Å². The highest BCUT2D eigenvalue weighted by Gasteiger charge is 2.35. The zero-order valence-electron chi connectivity index (χ0n) is 28.0. The average molecular weight is 727 g/mol. The summed E-state index contributed by atoms with van der Waals surface area (Å²) in [5, 5.41) is 3.70. The molecule has 4 rings (SSSR count). The van der Waals surface area contributed by atoms with Gasteiger partial charge in [0.25, 0.3) is 10.0 Å². The molecular formula is C37H41Cl2N3O6S. The molecule has 12 heteroatoms. The first-order valence-electron chi connectivity index (χ1n) is 15.8. The van der Waals surface area contributed by atoms with E-state index in [-0.39, 0.29) is 35.2 Å². The monoisotopic (exact) mass is 725 g/mol. The van der Waals surface area contributed by atoms with Gasteiger partial charge in [0.2, 0.25) is 11.8 Å². The molecule has 260 valence electrons. The first kappa shape index (κ1) is 37.6. The Balaban J connectivity index is 1.83. The summed E-state index contributed by atoms with van der Waals surface area (Å²) in [5.41, 5.74) is 2.55. The third kappa shape index (κ3) is 9.68. The highest BCUT2D eigenvalue weighted by Crippen LogP contribution is 2.33. The van der Waals surface area contributed by atoms with Gasteiger partial charge in [-0.1, -0.05) is 90.6 Å². The molecule has 4 aromatic carbocycles. The van der Waals surface area contributed by atoms with Crippen LogP contribution in [-0.4, -0.2) is 58.5 Å².